The van der Waals surface area contributed by atoms with Crippen LogP contribution in [-0.2, 0) is 0 Å². The van der Waals surface area contributed by atoms with Crippen LogP contribution in [0.2, 0.25) is 0 Å². The number of phenols is 1. The maximum absolute atomic E-state index is 10.4. The Morgan fingerprint density at radius 3 is 2.56 bits per heavy atom. The van der Waals surface area contributed by atoms with E-state index in [9.17, 15) is 5.11 Å². The fourth-order valence-electron chi connectivity index (χ4n) is 3.30. The summed E-state index contributed by atoms with van der Waals surface area (Å²) in [6.45, 7) is 2.02. The van der Waals surface area contributed by atoms with E-state index in [1.54, 1.807) is 18.3 Å². The van der Waals surface area contributed by atoms with Gasteiger partial charge in [-0.3, -0.25) is 4.98 Å². The number of aromatic hydroxyl groups is 1. The molecule has 0 bridgehead atoms. The number of thiocarbonyl (C=S) groups is 1. The van der Waals surface area contributed by atoms with Crippen molar-refractivity contribution in [1.82, 2.24) is 15.3 Å². The predicted molar refractivity (Wildman–Crippen MR) is 102 cm³/mol. The minimum atomic E-state index is -0.135. The second-order valence-corrected chi connectivity index (χ2v) is 6.47. The van der Waals surface area contributed by atoms with Gasteiger partial charge in [-0.1, -0.05) is 18.2 Å². The number of aromatic amines is 1. The third-order valence-corrected chi connectivity index (χ3v) is 4.73. The van der Waals surface area contributed by atoms with Crippen LogP contribution in [0.4, 0.5) is 5.69 Å². The molecule has 0 amide bonds. The molecule has 25 heavy (non-hydrogen) atoms. The molecule has 1 aromatic carbocycles. The minimum Gasteiger partial charge on any atom is -0.506 e. The number of rotatable bonds is 3. The van der Waals surface area contributed by atoms with Crippen molar-refractivity contribution < 1.29 is 5.11 Å². The molecule has 2 aromatic heterocycles. The van der Waals surface area contributed by atoms with Crippen molar-refractivity contribution in [1.29, 1.82) is 0 Å². The largest absolute Gasteiger partial charge is 0.506 e. The van der Waals surface area contributed by atoms with Gasteiger partial charge in [0.2, 0.25) is 0 Å². The van der Waals surface area contributed by atoms with Gasteiger partial charge in [0.05, 0.1) is 17.4 Å². The van der Waals surface area contributed by atoms with Crippen LogP contribution in [0.15, 0.2) is 60.8 Å². The summed E-state index contributed by atoms with van der Waals surface area (Å²) < 4.78 is 0. The molecule has 3 aromatic rings. The van der Waals surface area contributed by atoms with Gasteiger partial charge in [-0.2, -0.15) is 0 Å². The first-order valence-corrected chi connectivity index (χ1v) is 8.50. The van der Waals surface area contributed by atoms with Gasteiger partial charge in [0.25, 0.3) is 0 Å². The molecule has 0 aliphatic carbocycles. The summed E-state index contributed by atoms with van der Waals surface area (Å²) in [5.41, 5.74) is 3.67. The number of nitrogens with one attached hydrogen (secondary N) is 2. The first kappa shape index (κ1) is 15.7. The number of aryl methyl sites for hydroxylation is 1. The lowest BCUT2D eigenvalue weighted by Crippen LogP contribution is -2.29. The Balaban J connectivity index is 1.85. The first-order chi connectivity index (χ1) is 12.1. The second kappa shape index (κ2) is 6.22. The van der Waals surface area contributed by atoms with Crippen LogP contribution < -0.4 is 10.2 Å². The summed E-state index contributed by atoms with van der Waals surface area (Å²) in [5, 5.41) is 14.3. The van der Waals surface area contributed by atoms with Crippen LogP contribution in [0.5, 0.6) is 5.75 Å². The first-order valence-electron chi connectivity index (χ1n) is 8.09. The maximum atomic E-state index is 10.4. The number of aromatic nitrogens is 2. The number of para-hydroxylation sites is 2. The third kappa shape index (κ3) is 2.74. The molecule has 3 N–H and O–H groups in total. The van der Waals surface area contributed by atoms with Crippen molar-refractivity contribution in [3.8, 4) is 5.75 Å². The maximum Gasteiger partial charge on any atom is 0.174 e. The minimum absolute atomic E-state index is 0.119. The van der Waals surface area contributed by atoms with Gasteiger partial charge in [-0.05, 0) is 55.5 Å². The summed E-state index contributed by atoms with van der Waals surface area (Å²) in [6, 6.07) is 16.9. The van der Waals surface area contributed by atoms with Gasteiger partial charge in [0.1, 0.15) is 11.8 Å². The van der Waals surface area contributed by atoms with E-state index in [0.717, 1.165) is 17.1 Å². The zero-order valence-electron chi connectivity index (χ0n) is 13.7. The molecule has 1 aliphatic heterocycles. The summed E-state index contributed by atoms with van der Waals surface area (Å²) in [7, 11) is 0. The van der Waals surface area contributed by atoms with Gasteiger partial charge in [-0.15, -0.1) is 0 Å². The molecule has 1 aliphatic rings. The second-order valence-electron chi connectivity index (χ2n) is 6.08. The molecule has 3 heterocycles. The molecule has 0 saturated carbocycles. The number of hydrogen-bond donors (Lipinski definition) is 3. The lowest BCUT2D eigenvalue weighted by Gasteiger charge is -2.27. The van der Waals surface area contributed by atoms with Crippen molar-refractivity contribution >= 4 is 23.0 Å². The van der Waals surface area contributed by atoms with Crippen molar-refractivity contribution in [2.75, 3.05) is 4.90 Å². The summed E-state index contributed by atoms with van der Waals surface area (Å²) >= 11 is 5.61. The van der Waals surface area contributed by atoms with E-state index >= 15 is 0 Å². The zero-order chi connectivity index (χ0) is 17.4. The standard InChI is InChI=1S/C19H18N4OS/c1-12-9-10-14(21-12)18-17(13-6-4-5-11-20-13)22-19(25)23(18)15-7-2-3-8-16(15)24/h2-11,17-18,21,24H,1H3,(H,22,25)/t17-,18+/m0/s1. The molecule has 6 heteroatoms. The Hall–Kier alpha value is -2.86. The van der Waals surface area contributed by atoms with E-state index in [1.165, 1.54) is 0 Å². The Bertz CT molecular complexity index is 909. The van der Waals surface area contributed by atoms with E-state index in [4.69, 9.17) is 12.2 Å². The number of benzene rings is 1. The van der Waals surface area contributed by atoms with Gasteiger partial charge in [0.15, 0.2) is 5.11 Å². The molecule has 2 atom stereocenters. The highest BCUT2D eigenvalue weighted by molar-refractivity contribution is 7.80. The Kier molecular flexibility index (Phi) is 3.89. The van der Waals surface area contributed by atoms with Crippen molar-refractivity contribution in [3.05, 3.63) is 77.9 Å². The van der Waals surface area contributed by atoms with Gasteiger partial charge >= 0.3 is 0 Å². The highest BCUT2D eigenvalue weighted by Gasteiger charge is 2.42. The molecule has 126 valence electrons. The number of anilines is 1. The Morgan fingerprint density at radius 2 is 1.88 bits per heavy atom. The molecule has 1 fully saturated rings. The Labute approximate surface area is 151 Å². The fourth-order valence-corrected chi connectivity index (χ4v) is 3.64. The van der Waals surface area contributed by atoms with Crippen LogP contribution in [0.25, 0.3) is 0 Å². The van der Waals surface area contributed by atoms with Crippen LogP contribution in [0.1, 0.15) is 29.2 Å². The highest BCUT2D eigenvalue weighted by Crippen LogP contribution is 2.43. The topological polar surface area (TPSA) is 64.2 Å². The van der Waals surface area contributed by atoms with E-state index in [1.807, 2.05) is 48.2 Å². The summed E-state index contributed by atoms with van der Waals surface area (Å²) in [5.74, 6) is 0.196. The molecule has 0 radical (unpaired) electrons. The zero-order valence-corrected chi connectivity index (χ0v) is 14.5. The molecular weight excluding hydrogens is 332 g/mol. The van der Waals surface area contributed by atoms with Crippen LogP contribution in [0, 0.1) is 6.92 Å². The third-order valence-electron chi connectivity index (χ3n) is 4.41. The number of pyridine rings is 1. The molecule has 1 saturated heterocycles. The predicted octanol–water partition coefficient (Wildman–Crippen LogP) is 3.60. The monoisotopic (exact) mass is 350 g/mol. The lowest BCUT2D eigenvalue weighted by molar-refractivity contribution is 0.472. The van der Waals surface area contributed by atoms with Gasteiger partial charge in [-0.25, -0.2) is 0 Å². The van der Waals surface area contributed by atoms with Crippen molar-refractivity contribution in [3.63, 3.8) is 0 Å². The van der Waals surface area contributed by atoms with Crippen LogP contribution in [-0.4, -0.2) is 20.2 Å². The molecular formula is C19H18N4OS. The quantitative estimate of drug-likeness (QED) is 0.630. The molecule has 5 nitrogen and oxygen atoms in total. The molecule has 0 unspecified atom stereocenters. The fraction of sp³-hybridized carbons (Fsp3) is 0.158. The highest BCUT2D eigenvalue weighted by atomic mass is 32.1. The lowest BCUT2D eigenvalue weighted by atomic mass is 10.0. The summed E-state index contributed by atoms with van der Waals surface area (Å²) in [4.78, 5) is 9.86. The van der Waals surface area contributed by atoms with Crippen LogP contribution in [0.3, 0.4) is 0 Å². The van der Waals surface area contributed by atoms with Crippen molar-refractivity contribution in [2.45, 2.75) is 19.0 Å². The van der Waals surface area contributed by atoms with Crippen LogP contribution >= 0.6 is 12.2 Å². The van der Waals surface area contributed by atoms with Gasteiger partial charge in [0, 0.05) is 17.6 Å². The number of phenolic OH excluding ortho intramolecular Hbond substituents is 1. The number of H-pyrrole nitrogens is 1. The van der Waals surface area contributed by atoms with Crippen molar-refractivity contribution in [2.24, 2.45) is 0 Å². The van der Waals surface area contributed by atoms with E-state index in [-0.39, 0.29) is 17.8 Å². The molecule has 0 spiro atoms. The normalized spacial score (nSPS) is 19.9. The van der Waals surface area contributed by atoms with E-state index in [0.29, 0.717) is 10.8 Å². The number of nitrogens with zero attached hydrogens (tertiary/aromatic N) is 2. The smallest absolute Gasteiger partial charge is 0.174 e. The molecule has 4 rings (SSSR count). The van der Waals surface area contributed by atoms with E-state index in [2.05, 4.69) is 21.4 Å². The summed E-state index contributed by atoms with van der Waals surface area (Å²) in [6.07, 6.45) is 1.78. The van der Waals surface area contributed by atoms with E-state index < -0.39 is 0 Å². The number of hydrogen-bond acceptors (Lipinski definition) is 3. The average molecular weight is 350 g/mol. The SMILES string of the molecule is Cc1ccc([C@@H]2[C@H](c3ccccn3)NC(=S)N2c2ccccc2O)[nH]1. The van der Waals surface area contributed by atoms with Gasteiger partial charge < -0.3 is 20.3 Å². The average Bonchev–Trinajstić information content (AvgIpc) is 3.19. The Morgan fingerprint density at radius 1 is 1.08 bits per heavy atom.